The van der Waals surface area contributed by atoms with Crippen molar-refractivity contribution in [3.63, 3.8) is 0 Å². The number of halogens is 3. The maximum absolute atomic E-state index is 11.9. The van der Waals surface area contributed by atoms with Gasteiger partial charge in [-0.3, -0.25) is 9.59 Å². The van der Waals surface area contributed by atoms with Crippen molar-refractivity contribution < 1.29 is 14.3 Å². The van der Waals surface area contributed by atoms with Gasteiger partial charge >= 0.3 is 5.97 Å². The number of aryl methyl sites for hydroxylation is 1. The molecule has 1 heterocycles. The third-order valence-electron chi connectivity index (χ3n) is 2.96. The first kappa shape index (κ1) is 15.4. The molecule has 0 bridgehead atoms. The number of fused-ring (bicyclic) bond motifs is 1. The van der Waals surface area contributed by atoms with Crippen molar-refractivity contribution in [3.05, 3.63) is 23.8 Å². The van der Waals surface area contributed by atoms with Gasteiger partial charge in [0.1, 0.15) is 11.6 Å². The Hall–Kier alpha value is -0.970. The van der Waals surface area contributed by atoms with E-state index in [0.717, 1.165) is 24.1 Å². The molecule has 0 saturated heterocycles. The topological polar surface area (TPSA) is 46.6 Å². The number of ether oxygens (including phenoxy) is 1. The van der Waals surface area contributed by atoms with E-state index in [4.69, 9.17) is 39.5 Å². The third kappa shape index (κ3) is 3.37. The van der Waals surface area contributed by atoms with Crippen molar-refractivity contribution in [2.24, 2.45) is 0 Å². The minimum Gasteiger partial charge on any atom is -0.426 e. The van der Waals surface area contributed by atoms with Gasteiger partial charge in [0, 0.05) is 12.2 Å². The number of carbonyl (C=O) groups excluding carboxylic acids is 2. The average Bonchev–Trinajstić information content (AvgIpc) is 2.45. The Kier molecular flexibility index (Phi) is 5.13. The quantitative estimate of drug-likeness (QED) is 0.484. The standard InChI is InChI=1S/C13H12Cl3NO3/c14-7-11(18)20-9-3-4-10-8(6-9)2-1-5-17(10)13(19)12(15)16/h3-4,6,12H,1-2,5,7H2. The first-order valence-electron chi connectivity index (χ1n) is 6.02. The van der Waals surface area contributed by atoms with E-state index in [0.29, 0.717) is 12.3 Å². The summed E-state index contributed by atoms with van der Waals surface area (Å²) >= 11 is 16.7. The van der Waals surface area contributed by atoms with Crippen LogP contribution < -0.4 is 9.64 Å². The summed E-state index contributed by atoms with van der Waals surface area (Å²) in [7, 11) is 0. The molecule has 1 aliphatic heterocycles. The van der Waals surface area contributed by atoms with Gasteiger partial charge in [-0.1, -0.05) is 23.2 Å². The highest BCUT2D eigenvalue weighted by molar-refractivity contribution is 6.54. The van der Waals surface area contributed by atoms with Crippen LogP contribution in [-0.4, -0.2) is 29.1 Å². The lowest BCUT2D eigenvalue weighted by atomic mass is 10.0. The molecule has 1 aromatic rings. The van der Waals surface area contributed by atoms with Crippen LogP contribution in [0.25, 0.3) is 0 Å². The molecule has 0 unspecified atom stereocenters. The first-order valence-corrected chi connectivity index (χ1v) is 7.42. The number of anilines is 1. The van der Waals surface area contributed by atoms with Crippen molar-refractivity contribution in [2.75, 3.05) is 17.3 Å². The number of benzene rings is 1. The second-order valence-corrected chi connectivity index (χ2v) is 5.66. The van der Waals surface area contributed by atoms with Crippen molar-refractivity contribution >= 4 is 52.4 Å². The van der Waals surface area contributed by atoms with Crippen LogP contribution >= 0.6 is 34.8 Å². The fourth-order valence-electron chi connectivity index (χ4n) is 2.14. The lowest BCUT2D eigenvalue weighted by Gasteiger charge is -2.30. The van der Waals surface area contributed by atoms with Gasteiger partial charge in [0.15, 0.2) is 4.84 Å². The average molecular weight is 337 g/mol. The van der Waals surface area contributed by atoms with Crippen LogP contribution in [0.4, 0.5) is 5.69 Å². The lowest BCUT2D eigenvalue weighted by Crippen LogP contribution is -2.38. The van der Waals surface area contributed by atoms with Crippen LogP contribution in [-0.2, 0) is 16.0 Å². The van der Waals surface area contributed by atoms with E-state index >= 15 is 0 Å². The molecule has 108 valence electrons. The zero-order valence-electron chi connectivity index (χ0n) is 10.4. The van der Waals surface area contributed by atoms with E-state index in [1.54, 1.807) is 23.1 Å². The Morgan fingerprint density at radius 2 is 2.10 bits per heavy atom. The van der Waals surface area contributed by atoms with Gasteiger partial charge in [0.2, 0.25) is 0 Å². The highest BCUT2D eigenvalue weighted by Crippen LogP contribution is 2.31. The monoisotopic (exact) mass is 335 g/mol. The van der Waals surface area contributed by atoms with Crippen LogP contribution in [0.15, 0.2) is 18.2 Å². The van der Waals surface area contributed by atoms with Gasteiger partial charge in [0.05, 0.1) is 0 Å². The van der Waals surface area contributed by atoms with Crippen molar-refractivity contribution in [3.8, 4) is 5.75 Å². The number of carbonyl (C=O) groups is 2. The zero-order valence-corrected chi connectivity index (χ0v) is 12.7. The molecule has 0 aliphatic carbocycles. The van der Waals surface area contributed by atoms with E-state index in [1.807, 2.05) is 0 Å². The van der Waals surface area contributed by atoms with Gasteiger partial charge < -0.3 is 9.64 Å². The minimum atomic E-state index is -1.09. The maximum Gasteiger partial charge on any atom is 0.326 e. The number of nitrogens with zero attached hydrogens (tertiary/aromatic N) is 1. The predicted octanol–water partition coefficient (Wildman–Crippen LogP) is 2.91. The molecule has 0 fully saturated rings. The van der Waals surface area contributed by atoms with E-state index in [2.05, 4.69) is 0 Å². The molecule has 1 amide bonds. The number of rotatable bonds is 3. The predicted molar refractivity (Wildman–Crippen MR) is 79.0 cm³/mol. The smallest absolute Gasteiger partial charge is 0.326 e. The Labute approximate surface area is 131 Å². The summed E-state index contributed by atoms with van der Waals surface area (Å²) in [6, 6.07) is 5.07. The summed E-state index contributed by atoms with van der Waals surface area (Å²) in [5.74, 6) is -0.657. The molecule has 2 rings (SSSR count). The van der Waals surface area contributed by atoms with Crippen molar-refractivity contribution in [2.45, 2.75) is 17.7 Å². The fourth-order valence-corrected chi connectivity index (χ4v) is 2.43. The molecule has 0 atom stereocenters. The summed E-state index contributed by atoms with van der Waals surface area (Å²) in [5.41, 5.74) is 1.66. The van der Waals surface area contributed by atoms with Gasteiger partial charge in [-0.05, 0) is 36.6 Å². The Balaban J connectivity index is 2.26. The van der Waals surface area contributed by atoms with Gasteiger partial charge in [-0.15, -0.1) is 11.6 Å². The first-order chi connectivity index (χ1) is 9.52. The summed E-state index contributed by atoms with van der Waals surface area (Å²) in [4.78, 5) is 23.6. The van der Waals surface area contributed by atoms with Crippen LogP contribution in [0, 0.1) is 0 Å². The second-order valence-electron chi connectivity index (χ2n) is 4.29. The highest BCUT2D eigenvalue weighted by Gasteiger charge is 2.26. The number of esters is 1. The maximum atomic E-state index is 11.9. The SMILES string of the molecule is O=C(CCl)Oc1ccc2c(c1)CCCN2C(=O)C(Cl)Cl. The minimum absolute atomic E-state index is 0.206. The van der Waals surface area contributed by atoms with Crippen molar-refractivity contribution in [1.82, 2.24) is 0 Å². The van der Waals surface area contributed by atoms with E-state index in [-0.39, 0.29) is 11.8 Å². The van der Waals surface area contributed by atoms with E-state index in [1.165, 1.54) is 0 Å². The largest absolute Gasteiger partial charge is 0.426 e. The molecule has 0 N–H and O–H groups in total. The summed E-state index contributed by atoms with van der Waals surface area (Å²) in [5, 5.41) is 0. The normalized spacial score (nSPS) is 14.1. The zero-order chi connectivity index (χ0) is 14.7. The molecule has 0 spiro atoms. The molecular formula is C13H12Cl3NO3. The van der Waals surface area contributed by atoms with Gasteiger partial charge in [-0.25, -0.2) is 0 Å². The molecular weight excluding hydrogens is 325 g/mol. The number of hydrogen-bond donors (Lipinski definition) is 0. The molecule has 4 nitrogen and oxygen atoms in total. The van der Waals surface area contributed by atoms with Crippen LogP contribution in [0.1, 0.15) is 12.0 Å². The van der Waals surface area contributed by atoms with Gasteiger partial charge in [-0.2, -0.15) is 0 Å². The summed E-state index contributed by atoms with van der Waals surface area (Å²) in [6.07, 6.45) is 1.59. The molecule has 20 heavy (non-hydrogen) atoms. The summed E-state index contributed by atoms with van der Waals surface area (Å²) in [6.45, 7) is 0.572. The van der Waals surface area contributed by atoms with Crippen LogP contribution in [0.3, 0.4) is 0 Å². The molecule has 1 aliphatic rings. The Morgan fingerprint density at radius 3 is 2.75 bits per heavy atom. The molecule has 7 heteroatoms. The number of alkyl halides is 3. The number of amides is 1. The second kappa shape index (κ2) is 6.66. The molecule has 0 saturated carbocycles. The van der Waals surface area contributed by atoms with Crippen LogP contribution in [0.5, 0.6) is 5.75 Å². The van der Waals surface area contributed by atoms with E-state index in [9.17, 15) is 9.59 Å². The number of hydrogen-bond acceptors (Lipinski definition) is 3. The third-order valence-corrected chi connectivity index (χ3v) is 3.55. The molecule has 0 radical (unpaired) electrons. The summed E-state index contributed by atoms with van der Waals surface area (Å²) < 4.78 is 5.05. The van der Waals surface area contributed by atoms with Crippen molar-refractivity contribution in [1.29, 1.82) is 0 Å². The molecule has 1 aromatic carbocycles. The van der Waals surface area contributed by atoms with Crippen LogP contribution in [0.2, 0.25) is 0 Å². The Bertz CT molecular complexity index is 534. The highest BCUT2D eigenvalue weighted by atomic mass is 35.5. The Morgan fingerprint density at radius 1 is 1.35 bits per heavy atom. The van der Waals surface area contributed by atoms with Gasteiger partial charge in [0.25, 0.3) is 5.91 Å². The lowest BCUT2D eigenvalue weighted by molar-refractivity contribution is -0.131. The van der Waals surface area contributed by atoms with E-state index < -0.39 is 10.8 Å². The molecule has 0 aromatic heterocycles. The fraction of sp³-hybridized carbons (Fsp3) is 0.385.